The Kier molecular flexibility index (Phi) is 4.34. The minimum atomic E-state index is 0.264. The molecule has 1 aliphatic rings. The highest BCUT2D eigenvalue weighted by molar-refractivity contribution is 5.88. The molecule has 0 atom stereocenters. The van der Waals surface area contributed by atoms with Gasteiger partial charge in [-0.2, -0.15) is 5.10 Å². The number of pyridine rings is 1. The van der Waals surface area contributed by atoms with Gasteiger partial charge in [0.05, 0.1) is 11.6 Å². The van der Waals surface area contributed by atoms with Crippen LogP contribution >= 0.6 is 0 Å². The smallest absolute Gasteiger partial charge is 0.159 e. The van der Waals surface area contributed by atoms with E-state index in [0.717, 1.165) is 42.4 Å². The van der Waals surface area contributed by atoms with Gasteiger partial charge in [0.25, 0.3) is 0 Å². The molecule has 120 valence electrons. The van der Waals surface area contributed by atoms with Gasteiger partial charge < -0.3 is 10.1 Å². The van der Waals surface area contributed by atoms with E-state index in [2.05, 4.69) is 29.2 Å². The maximum atomic E-state index is 5.46. The molecule has 1 N–H and O–H groups in total. The fourth-order valence-electron chi connectivity index (χ4n) is 3.34. The summed E-state index contributed by atoms with van der Waals surface area (Å²) in [6.45, 7) is 7.50. The Morgan fingerprint density at radius 3 is 2.91 bits per heavy atom. The van der Waals surface area contributed by atoms with Crippen molar-refractivity contribution in [3.8, 4) is 0 Å². The van der Waals surface area contributed by atoms with Gasteiger partial charge in [-0.05, 0) is 36.7 Å². The van der Waals surface area contributed by atoms with Gasteiger partial charge in [-0.3, -0.25) is 4.68 Å². The zero-order valence-electron chi connectivity index (χ0n) is 13.8. The third kappa shape index (κ3) is 3.40. The van der Waals surface area contributed by atoms with E-state index >= 15 is 0 Å². The highest BCUT2D eigenvalue weighted by Gasteiger charge is 2.25. The van der Waals surface area contributed by atoms with Gasteiger partial charge in [0, 0.05) is 38.7 Å². The van der Waals surface area contributed by atoms with E-state index in [-0.39, 0.29) is 5.41 Å². The minimum Gasteiger partial charge on any atom is -0.384 e. The normalized spacial score (nSPS) is 17.0. The summed E-state index contributed by atoms with van der Waals surface area (Å²) in [5.41, 5.74) is 2.31. The molecule has 0 bridgehead atoms. The third-order valence-electron chi connectivity index (χ3n) is 4.58. The van der Waals surface area contributed by atoms with Crippen molar-refractivity contribution in [2.24, 2.45) is 18.4 Å². The predicted octanol–water partition coefficient (Wildman–Crippen LogP) is 3.22. The number of hydrogen-bond donors (Lipinski definition) is 1. The first-order valence-corrected chi connectivity index (χ1v) is 8.13. The van der Waals surface area contributed by atoms with Crippen molar-refractivity contribution in [3.63, 3.8) is 0 Å². The van der Waals surface area contributed by atoms with Crippen LogP contribution in [-0.2, 0) is 11.8 Å². The average molecular weight is 302 g/mol. The molecule has 0 aliphatic carbocycles. The first-order valence-electron chi connectivity index (χ1n) is 8.13. The lowest BCUT2D eigenvalue weighted by molar-refractivity contribution is 0.0526. The maximum Gasteiger partial charge on any atom is 0.159 e. The van der Waals surface area contributed by atoms with Crippen LogP contribution in [0, 0.1) is 11.3 Å². The van der Waals surface area contributed by atoms with E-state index < -0.39 is 0 Å². The highest BCUT2D eigenvalue weighted by atomic mass is 16.5. The molecule has 5 heteroatoms. The molecule has 5 nitrogen and oxygen atoms in total. The van der Waals surface area contributed by atoms with Crippen LogP contribution in [0.2, 0.25) is 0 Å². The number of aryl methyl sites for hydroxylation is 1. The van der Waals surface area contributed by atoms with Gasteiger partial charge in [-0.1, -0.05) is 13.8 Å². The van der Waals surface area contributed by atoms with E-state index in [1.807, 2.05) is 30.2 Å². The Balaban J connectivity index is 1.64. The molecule has 22 heavy (non-hydrogen) atoms. The molecule has 3 rings (SSSR count). The lowest BCUT2D eigenvalue weighted by Gasteiger charge is -2.32. The van der Waals surface area contributed by atoms with Gasteiger partial charge in [0.1, 0.15) is 0 Å². The summed E-state index contributed by atoms with van der Waals surface area (Å²) in [7, 11) is 1.92. The van der Waals surface area contributed by atoms with Crippen LogP contribution in [0.5, 0.6) is 0 Å². The standard InChI is InChI=1S/C17H26N4O/c1-17(2,10-13-5-8-22-9-6-13)12-19-15-4-7-18-16-14(15)11-20-21(16)3/h4,7,11,13H,5-6,8-10,12H2,1-3H3,(H,18,19). The molecular weight excluding hydrogens is 276 g/mol. The number of fused-ring (bicyclic) bond motifs is 1. The molecule has 1 aliphatic heterocycles. The van der Waals surface area contributed by atoms with Crippen molar-refractivity contribution in [1.82, 2.24) is 14.8 Å². The minimum absolute atomic E-state index is 0.264. The summed E-state index contributed by atoms with van der Waals surface area (Å²) in [5, 5.41) is 8.99. The zero-order chi connectivity index (χ0) is 15.6. The Hall–Kier alpha value is -1.62. The summed E-state index contributed by atoms with van der Waals surface area (Å²) in [4.78, 5) is 4.39. The van der Waals surface area contributed by atoms with Crippen molar-refractivity contribution in [3.05, 3.63) is 18.5 Å². The van der Waals surface area contributed by atoms with E-state index in [0.29, 0.717) is 0 Å². The van der Waals surface area contributed by atoms with Crippen LogP contribution in [0.15, 0.2) is 18.5 Å². The van der Waals surface area contributed by atoms with Crippen molar-refractivity contribution < 1.29 is 4.74 Å². The summed E-state index contributed by atoms with van der Waals surface area (Å²) >= 11 is 0. The average Bonchev–Trinajstić information content (AvgIpc) is 2.88. The molecule has 3 heterocycles. The second-order valence-corrected chi connectivity index (χ2v) is 7.14. The van der Waals surface area contributed by atoms with E-state index in [4.69, 9.17) is 4.74 Å². The molecule has 2 aromatic rings. The van der Waals surface area contributed by atoms with Gasteiger partial charge in [-0.15, -0.1) is 0 Å². The molecule has 2 aromatic heterocycles. The Labute approximate surface area is 132 Å². The first-order chi connectivity index (χ1) is 10.6. The second kappa shape index (κ2) is 6.24. The molecule has 0 unspecified atom stereocenters. The summed E-state index contributed by atoms with van der Waals surface area (Å²) in [5.74, 6) is 0.793. The van der Waals surface area contributed by atoms with E-state index in [9.17, 15) is 0 Å². The molecule has 1 saturated heterocycles. The van der Waals surface area contributed by atoms with E-state index in [1.54, 1.807) is 0 Å². The number of rotatable bonds is 5. The van der Waals surface area contributed by atoms with Crippen LogP contribution in [-0.4, -0.2) is 34.5 Å². The largest absolute Gasteiger partial charge is 0.384 e. The summed E-state index contributed by atoms with van der Waals surface area (Å²) in [6.07, 6.45) is 7.37. The SMILES string of the molecule is Cn1ncc2c(NCC(C)(C)CC3CCOCC3)ccnc21. The van der Waals surface area contributed by atoms with Crippen molar-refractivity contribution in [2.75, 3.05) is 25.1 Å². The Morgan fingerprint density at radius 1 is 1.36 bits per heavy atom. The topological polar surface area (TPSA) is 52.0 Å². The highest BCUT2D eigenvalue weighted by Crippen LogP contribution is 2.32. The number of ether oxygens (including phenoxy) is 1. The number of nitrogens with one attached hydrogen (secondary N) is 1. The quantitative estimate of drug-likeness (QED) is 0.921. The third-order valence-corrected chi connectivity index (χ3v) is 4.58. The van der Waals surface area contributed by atoms with Crippen LogP contribution in [0.4, 0.5) is 5.69 Å². The fraction of sp³-hybridized carbons (Fsp3) is 0.647. The maximum absolute atomic E-state index is 5.46. The number of hydrogen-bond acceptors (Lipinski definition) is 4. The first kappa shape index (κ1) is 15.3. The summed E-state index contributed by atoms with van der Waals surface area (Å²) < 4.78 is 7.28. The van der Waals surface area contributed by atoms with Gasteiger partial charge in [0.2, 0.25) is 0 Å². The van der Waals surface area contributed by atoms with Gasteiger partial charge >= 0.3 is 0 Å². The summed E-state index contributed by atoms with van der Waals surface area (Å²) in [6, 6.07) is 2.04. The van der Waals surface area contributed by atoms with Crippen LogP contribution in [0.1, 0.15) is 33.1 Å². The molecule has 0 radical (unpaired) electrons. The predicted molar refractivity (Wildman–Crippen MR) is 88.9 cm³/mol. The number of nitrogens with zero attached hydrogens (tertiary/aromatic N) is 3. The van der Waals surface area contributed by atoms with E-state index in [1.165, 1.54) is 19.3 Å². The number of aromatic nitrogens is 3. The van der Waals surface area contributed by atoms with Crippen LogP contribution < -0.4 is 5.32 Å². The van der Waals surface area contributed by atoms with Crippen LogP contribution in [0.3, 0.4) is 0 Å². The molecule has 0 spiro atoms. The molecule has 0 saturated carbocycles. The van der Waals surface area contributed by atoms with Gasteiger partial charge in [0.15, 0.2) is 5.65 Å². The Bertz CT molecular complexity index is 629. The molecule has 1 fully saturated rings. The lowest BCUT2D eigenvalue weighted by atomic mass is 9.79. The van der Waals surface area contributed by atoms with Gasteiger partial charge in [-0.25, -0.2) is 4.98 Å². The molecular formula is C17H26N4O. The second-order valence-electron chi connectivity index (χ2n) is 7.14. The van der Waals surface area contributed by atoms with Crippen molar-refractivity contribution >= 4 is 16.7 Å². The van der Waals surface area contributed by atoms with Crippen LogP contribution in [0.25, 0.3) is 11.0 Å². The van der Waals surface area contributed by atoms with Crippen molar-refractivity contribution in [1.29, 1.82) is 0 Å². The lowest BCUT2D eigenvalue weighted by Crippen LogP contribution is -2.28. The molecule has 0 aromatic carbocycles. The molecule has 0 amide bonds. The number of anilines is 1. The zero-order valence-corrected chi connectivity index (χ0v) is 13.8. The fourth-order valence-corrected chi connectivity index (χ4v) is 3.34. The monoisotopic (exact) mass is 302 g/mol. The van der Waals surface area contributed by atoms with Crippen molar-refractivity contribution in [2.45, 2.75) is 33.1 Å². The Morgan fingerprint density at radius 2 is 2.14 bits per heavy atom.